The molecule has 1 unspecified atom stereocenters. The molecule has 1 fully saturated rings. The summed E-state index contributed by atoms with van der Waals surface area (Å²) < 4.78 is 2.96. The highest BCUT2D eigenvalue weighted by atomic mass is 32.1. The molecule has 0 bridgehead atoms. The van der Waals surface area contributed by atoms with Crippen LogP contribution in [-0.4, -0.2) is 43.7 Å². The summed E-state index contributed by atoms with van der Waals surface area (Å²) in [5.41, 5.74) is 0.909. The van der Waals surface area contributed by atoms with Crippen molar-refractivity contribution < 1.29 is 4.79 Å². The van der Waals surface area contributed by atoms with Gasteiger partial charge in [-0.05, 0) is 44.0 Å². The number of hydrogen-bond acceptors (Lipinski definition) is 7. The lowest BCUT2D eigenvalue weighted by Crippen LogP contribution is -2.41. The summed E-state index contributed by atoms with van der Waals surface area (Å²) in [6.45, 7) is 3.41. The Kier molecular flexibility index (Phi) is 4.88. The SMILES string of the molecule is Cc1nccn1-c1ccc(N2CCCC(C(=O)Nc3nc4ccccc4s3)C2)nn1. The number of amides is 1. The number of carbonyl (C=O) groups is 1. The molecule has 30 heavy (non-hydrogen) atoms. The van der Waals surface area contributed by atoms with Crippen LogP contribution in [0.3, 0.4) is 0 Å². The number of hydrogen-bond donors (Lipinski definition) is 1. The molecule has 1 aromatic carbocycles. The number of fused-ring (bicyclic) bond motifs is 1. The van der Waals surface area contributed by atoms with Gasteiger partial charge < -0.3 is 10.2 Å². The molecule has 1 amide bonds. The number of para-hydroxylation sites is 1. The van der Waals surface area contributed by atoms with Crippen molar-refractivity contribution in [1.29, 1.82) is 0 Å². The first-order chi connectivity index (χ1) is 14.7. The second-order valence-electron chi connectivity index (χ2n) is 7.36. The van der Waals surface area contributed by atoms with Crippen LogP contribution in [0.25, 0.3) is 16.0 Å². The third kappa shape index (κ3) is 3.63. The van der Waals surface area contributed by atoms with Crippen LogP contribution in [0, 0.1) is 12.8 Å². The first-order valence-electron chi connectivity index (χ1n) is 9.93. The minimum atomic E-state index is -0.108. The first-order valence-corrected chi connectivity index (χ1v) is 10.7. The summed E-state index contributed by atoms with van der Waals surface area (Å²) in [6, 6.07) is 11.8. The fourth-order valence-corrected chi connectivity index (χ4v) is 4.64. The number of aromatic nitrogens is 5. The Balaban J connectivity index is 1.27. The van der Waals surface area contributed by atoms with E-state index in [4.69, 9.17) is 0 Å². The van der Waals surface area contributed by atoms with Crippen LogP contribution in [-0.2, 0) is 4.79 Å². The van der Waals surface area contributed by atoms with E-state index in [0.717, 1.165) is 47.1 Å². The largest absolute Gasteiger partial charge is 0.354 e. The molecule has 1 aliphatic rings. The fourth-order valence-electron chi connectivity index (χ4n) is 3.77. The molecule has 8 nitrogen and oxygen atoms in total. The van der Waals surface area contributed by atoms with Crippen molar-refractivity contribution in [3.63, 3.8) is 0 Å². The molecule has 1 atom stereocenters. The lowest BCUT2D eigenvalue weighted by atomic mass is 9.97. The van der Waals surface area contributed by atoms with Gasteiger partial charge in [-0.25, -0.2) is 9.97 Å². The van der Waals surface area contributed by atoms with E-state index < -0.39 is 0 Å². The van der Waals surface area contributed by atoms with Gasteiger partial charge in [0.1, 0.15) is 5.82 Å². The molecule has 1 N–H and O–H groups in total. The molecule has 1 saturated heterocycles. The van der Waals surface area contributed by atoms with E-state index >= 15 is 0 Å². The minimum Gasteiger partial charge on any atom is -0.354 e. The van der Waals surface area contributed by atoms with Crippen LogP contribution in [0.15, 0.2) is 48.8 Å². The van der Waals surface area contributed by atoms with Crippen molar-refractivity contribution in [2.75, 3.05) is 23.3 Å². The highest BCUT2D eigenvalue weighted by Gasteiger charge is 2.27. The lowest BCUT2D eigenvalue weighted by Gasteiger charge is -2.32. The summed E-state index contributed by atoms with van der Waals surface area (Å²) in [7, 11) is 0. The predicted molar refractivity (Wildman–Crippen MR) is 117 cm³/mol. The van der Waals surface area contributed by atoms with Crippen molar-refractivity contribution in [1.82, 2.24) is 24.7 Å². The number of thiazole rings is 1. The molecule has 4 heterocycles. The summed E-state index contributed by atoms with van der Waals surface area (Å²) in [5.74, 6) is 2.28. The number of aryl methyl sites for hydroxylation is 1. The van der Waals surface area contributed by atoms with Gasteiger partial charge in [0.2, 0.25) is 5.91 Å². The second-order valence-corrected chi connectivity index (χ2v) is 8.39. The van der Waals surface area contributed by atoms with Gasteiger partial charge >= 0.3 is 0 Å². The Bertz CT molecular complexity index is 1150. The number of imidazole rings is 1. The van der Waals surface area contributed by atoms with E-state index in [0.29, 0.717) is 11.7 Å². The van der Waals surface area contributed by atoms with Crippen LogP contribution in [0.1, 0.15) is 18.7 Å². The van der Waals surface area contributed by atoms with E-state index in [1.807, 2.05) is 54.1 Å². The molecule has 4 aromatic rings. The molecule has 152 valence electrons. The van der Waals surface area contributed by atoms with Gasteiger partial charge in [0, 0.05) is 25.5 Å². The number of benzene rings is 1. The Hall–Kier alpha value is -3.33. The first kappa shape index (κ1) is 18.7. The van der Waals surface area contributed by atoms with Crippen LogP contribution < -0.4 is 10.2 Å². The molecular weight excluding hydrogens is 398 g/mol. The van der Waals surface area contributed by atoms with Gasteiger partial charge in [0.05, 0.1) is 16.1 Å². The number of carbonyl (C=O) groups excluding carboxylic acids is 1. The monoisotopic (exact) mass is 419 g/mol. The van der Waals surface area contributed by atoms with Crippen LogP contribution in [0.5, 0.6) is 0 Å². The third-order valence-corrected chi connectivity index (χ3v) is 6.30. The average Bonchev–Trinajstić information content (AvgIpc) is 3.39. The van der Waals surface area contributed by atoms with E-state index in [2.05, 4.69) is 30.4 Å². The smallest absolute Gasteiger partial charge is 0.231 e. The zero-order chi connectivity index (χ0) is 20.5. The van der Waals surface area contributed by atoms with Crippen molar-refractivity contribution >= 4 is 38.4 Å². The lowest BCUT2D eigenvalue weighted by molar-refractivity contribution is -0.120. The molecule has 5 rings (SSSR count). The summed E-state index contributed by atoms with van der Waals surface area (Å²) in [5, 5.41) is 12.4. The maximum Gasteiger partial charge on any atom is 0.231 e. The number of piperidine rings is 1. The van der Waals surface area contributed by atoms with Crippen molar-refractivity contribution in [3.05, 3.63) is 54.6 Å². The number of nitrogens with zero attached hydrogens (tertiary/aromatic N) is 6. The van der Waals surface area contributed by atoms with Crippen molar-refractivity contribution in [3.8, 4) is 5.82 Å². The van der Waals surface area contributed by atoms with E-state index in [1.54, 1.807) is 6.20 Å². The maximum atomic E-state index is 12.9. The molecular formula is C21H21N7OS. The maximum absolute atomic E-state index is 12.9. The summed E-state index contributed by atoms with van der Waals surface area (Å²) in [6.07, 6.45) is 5.39. The predicted octanol–water partition coefficient (Wildman–Crippen LogP) is 3.44. The van der Waals surface area contributed by atoms with Gasteiger partial charge in [0.25, 0.3) is 0 Å². The Morgan fingerprint density at radius 3 is 2.77 bits per heavy atom. The Labute approximate surface area is 177 Å². The topological polar surface area (TPSA) is 88.8 Å². The van der Waals surface area contributed by atoms with Crippen molar-refractivity contribution in [2.24, 2.45) is 5.92 Å². The minimum absolute atomic E-state index is 0.0115. The highest BCUT2D eigenvalue weighted by Crippen LogP contribution is 2.27. The molecule has 0 radical (unpaired) electrons. The molecule has 0 spiro atoms. The number of nitrogens with one attached hydrogen (secondary N) is 1. The molecule has 0 aliphatic carbocycles. The van der Waals surface area contributed by atoms with E-state index in [9.17, 15) is 4.79 Å². The van der Waals surface area contributed by atoms with Crippen LogP contribution in [0.4, 0.5) is 10.9 Å². The summed E-state index contributed by atoms with van der Waals surface area (Å²) >= 11 is 1.50. The normalized spacial score (nSPS) is 16.7. The van der Waals surface area contributed by atoms with E-state index in [1.165, 1.54) is 11.3 Å². The molecule has 1 aliphatic heterocycles. The highest BCUT2D eigenvalue weighted by molar-refractivity contribution is 7.22. The fraction of sp³-hybridized carbons (Fsp3) is 0.286. The summed E-state index contributed by atoms with van der Waals surface area (Å²) in [4.78, 5) is 23.7. The molecule has 3 aromatic heterocycles. The quantitative estimate of drug-likeness (QED) is 0.545. The van der Waals surface area contributed by atoms with Crippen molar-refractivity contribution in [2.45, 2.75) is 19.8 Å². The third-order valence-electron chi connectivity index (χ3n) is 5.35. The van der Waals surface area contributed by atoms with Gasteiger partial charge in [-0.1, -0.05) is 23.5 Å². The number of anilines is 2. The Morgan fingerprint density at radius 1 is 1.17 bits per heavy atom. The Morgan fingerprint density at radius 2 is 2.00 bits per heavy atom. The molecule has 0 saturated carbocycles. The zero-order valence-corrected chi connectivity index (χ0v) is 17.3. The average molecular weight is 420 g/mol. The second kappa shape index (κ2) is 7.83. The van der Waals surface area contributed by atoms with Crippen LogP contribution >= 0.6 is 11.3 Å². The standard InChI is InChI=1S/C21H21N7OS/c1-14-22-10-12-28(14)19-9-8-18(25-26-19)27-11-4-5-15(13-27)20(29)24-21-23-16-6-2-3-7-17(16)30-21/h2-3,6-10,12,15H,4-5,11,13H2,1H3,(H,23,24,29). The van der Waals surface area contributed by atoms with E-state index in [-0.39, 0.29) is 11.8 Å². The van der Waals surface area contributed by atoms with Gasteiger partial charge in [-0.15, -0.1) is 10.2 Å². The molecule has 9 heteroatoms. The zero-order valence-electron chi connectivity index (χ0n) is 16.5. The van der Waals surface area contributed by atoms with Gasteiger partial charge in [-0.3, -0.25) is 9.36 Å². The number of rotatable bonds is 4. The van der Waals surface area contributed by atoms with Gasteiger partial charge in [-0.2, -0.15) is 0 Å². The van der Waals surface area contributed by atoms with Gasteiger partial charge in [0.15, 0.2) is 16.8 Å². The van der Waals surface area contributed by atoms with Crippen LogP contribution in [0.2, 0.25) is 0 Å².